The lowest BCUT2D eigenvalue weighted by atomic mass is 10.2. The molecule has 0 aliphatic heterocycles. The van der Waals surface area contributed by atoms with Crippen LogP contribution in [-0.2, 0) is 6.54 Å². The summed E-state index contributed by atoms with van der Waals surface area (Å²) in [6.45, 7) is 1.58. The molecule has 0 amide bonds. The number of thiophene rings is 1. The summed E-state index contributed by atoms with van der Waals surface area (Å²) in [6.07, 6.45) is 2.97. The number of rotatable bonds is 6. The van der Waals surface area contributed by atoms with Gasteiger partial charge in [-0.15, -0.1) is 0 Å². The maximum Gasteiger partial charge on any atom is 0.119 e. The van der Waals surface area contributed by atoms with Crippen LogP contribution in [0.25, 0.3) is 11.3 Å². The molecule has 0 fully saturated rings. The Kier molecular flexibility index (Phi) is 4.13. The molecule has 0 spiro atoms. The molecule has 0 atom stereocenters. The lowest BCUT2D eigenvalue weighted by Gasteiger charge is -2.05. The van der Waals surface area contributed by atoms with E-state index in [1.54, 1.807) is 11.3 Å². The Morgan fingerprint density at radius 2 is 2.00 bits per heavy atom. The second-order valence-electron chi connectivity index (χ2n) is 4.49. The third kappa shape index (κ3) is 3.27. The predicted molar refractivity (Wildman–Crippen MR) is 82.1 cm³/mol. The highest BCUT2D eigenvalue weighted by Crippen LogP contribution is 2.19. The van der Waals surface area contributed by atoms with Crippen LogP contribution in [-0.4, -0.2) is 16.4 Å². The average Bonchev–Trinajstić information content (AvgIpc) is 3.15. The smallest absolute Gasteiger partial charge is 0.119 e. The SMILES string of the molecule is c1ccc(OCCCn2ccc(-c3ccsc3)n2)cc1. The molecular weight excluding hydrogens is 268 g/mol. The predicted octanol–water partition coefficient (Wildman–Crippen LogP) is 4.08. The Hall–Kier alpha value is -2.07. The number of nitrogens with zero attached hydrogens (tertiary/aromatic N) is 2. The van der Waals surface area contributed by atoms with Crippen LogP contribution in [0.2, 0.25) is 0 Å². The van der Waals surface area contributed by atoms with Crippen molar-refractivity contribution < 1.29 is 4.74 Å². The van der Waals surface area contributed by atoms with Crippen LogP contribution in [0, 0.1) is 0 Å². The van der Waals surface area contributed by atoms with Crippen molar-refractivity contribution in [3.63, 3.8) is 0 Å². The summed E-state index contributed by atoms with van der Waals surface area (Å²) in [5.41, 5.74) is 2.23. The summed E-state index contributed by atoms with van der Waals surface area (Å²) in [5.74, 6) is 0.923. The Labute approximate surface area is 122 Å². The van der Waals surface area contributed by atoms with E-state index in [0.717, 1.165) is 24.4 Å². The van der Waals surface area contributed by atoms with Crippen molar-refractivity contribution in [2.24, 2.45) is 0 Å². The third-order valence-corrected chi connectivity index (χ3v) is 3.68. The highest BCUT2D eigenvalue weighted by atomic mass is 32.1. The van der Waals surface area contributed by atoms with Crippen LogP contribution in [0.4, 0.5) is 0 Å². The normalized spacial score (nSPS) is 10.6. The molecule has 102 valence electrons. The van der Waals surface area contributed by atoms with Crippen LogP contribution in [0.1, 0.15) is 6.42 Å². The highest BCUT2D eigenvalue weighted by molar-refractivity contribution is 7.08. The maximum atomic E-state index is 5.67. The number of aryl methyl sites for hydroxylation is 1. The standard InChI is InChI=1S/C16H16N2OS/c1-2-5-15(6-3-1)19-11-4-9-18-10-7-16(17-18)14-8-12-20-13-14/h1-3,5-8,10,12-13H,4,9,11H2. The fraction of sp³-hybridized carbons (Fsp3) is 0.188. The Morgan fingerprint density at radius 3 is 2.80 bits per heavy atom. The Balaban J connectivity index is 1.47. The van der Waals surface area contributed by atoms with Gasteiger partial charge in [-0.25, -0.2) is 0 Å². The first-order valence-electron chi connectivity index (χ1n) is 6.66. The molecule has 0 bridgehead atoms. The van der Waals surface area contributed by atoms with E-state index < -0.39 is 0 Å². The molecule has 20 heavy (non-hydrogen) atoms. The van der Waals surface area contributed by atoms with E-state index in [1.807, 2.05) is 41.2 Å². The van der Waals surface area contributed by atoms with Gasteiger partial charge in [0, 0.05) is 30.1 Å². The zero-order valence-corrected chi connectivity index (χ0v) is 11.9. The molecule has 0 saturated heterocycles. The molecule has 0 aliphatic rings. The molecule has 3 rings (SSSR count). The van der Waals surface area contributed by atoms with E-state index in [4.69, 9.17) is 4.74 Å². The minimum atomic E-state index is 0.706. The zero-order valence-electron chi connectivity index (χ0n) is 11.1. The topological polar surface area (TPSA) is 27.1 Å². The van der Waals surface area contributed by atoms with Crippen molar-refractivity contribution in [1.29, 1.82) is 0 Å². The molecule has 2 heterocycles. The summed E-state index contributed by atoms with van der Waals surface area (Å²) < 4.78 is 7.64. The minimum Gasteiger partial charge on any atom is -0.494 e. The van der Waals surface area contributed by atoms with Gasteiger partial charge in [0.25, 0.3) is 0 Å². The fourth-order valence-electron chi connectivity index (χ4n) is 1.98. The van der Waals surface area contributed by atoms with Crippen LogP contribution < -0.4 is 4.74 Å². The lowest BCUT2D eigenvalue weighted by Crippen LogP contribution is -2.05. The first-order valence-corrected chi connectivity index (χ1v) is 7.60. The molecule has 0 saturated carbocycles. The van der Waals surface area contributed by atoms with Gasteiger partial charge in [-0.2, -0.15) is 16.4 Å². The fourth-order valence-corrected chi connectivity index (χ4v) is 2.63. The van der Waals surface area contributed by atoms with Crippen molar-refractivity contribution in [3.8, 4) is 17.0 Å². The van der Waals surface area contributed by atoms with Gasteiger partial charge in [0.05, 0.1) is 12.3 Å². The van der Waals surface area contributed by atoms with Crippen LogP contribution in [0.15, 0.2) is 59.4 Å². The molecule has 0 unspecified atom stereocenters. The van der Waals surface area contributed by atoms with Gasteiger partial charge in [0.15, 0.2) is 0 Å². The number of hydrogen-bond acceptors (Lipinski definition) is 3. The highest BCUT2D eigenvalue weighted by Gasteiger charge is 2.02. The number of ether oxygens (including phenoxy) is 1. The zero-order chi connectivity index (χ0) is 13.6. The van der Waals surface area contributed by atoms with Crippen LogP contribution >= 0.6 is 11.3 Å². The molecule has 0 radical (unpaired) electrons. The van der Waals surface area contributed by atoms with Gasteiger partial charge < -0.3 is 4.74 Å². The number of hydrogen-bond donors (Lipinski definition) is 0. The number of benzene rings is 1. The summed E-state index contributed by atoms with van der Waals surface area (Å²) in [4.78, 5) is 0. The van der Waals surface area contributed by atoms with Gasteiger partial charge in [-0.05, 0) is 29.6 Å². The van der Waals surface area contributed by atoms with Gasteiger partial charge in [0.2, 0.25) is 0 Å². The second kappa shape index (κ2) is 6.39. The summed E-state index contributed by atoms with van der Waals surface area (Å²) >= 11 is 1.69. The van der Waals surface area contributed by atoms with Crippen molar-refractivity contribution in [3.05, 3.63) is 59.4 Å². The van der Waals surface area contributed by atoms with E-state index in [0.29, 0.717) is 6.61 Å². The summed E-state index contributed by atoms with van der Waals surface area (Å²) in [5, 5.41) is 8.75. The quantitative estimate of drug-likeness (QED) is 0.638. The molecule has 3 nitrogen and oxygen atoms in total. The molecule has 0 N–H and O–H groups in total. The lowest BCUT2D eigenvalue weighted by molar-refractivity contribution is 0.298. The largest absolute Gasteiger partial charge is 0.494 e. The Morgan fingerprint density at radius 1 is 1.10 bits per heavy atom. The molecule has 2 aromatic heterocycles. The van der Waals surface area contributed by atoms with Gasteiger partial charge >= 0.3 is 0 Å². The molecule has 4 heteroatoms. The van der Waals surface area contributed by atoms with Crippen molar-refractivity contribution >= 4 is 11.3 Å². The monoisotopic (exact) mass is 284 g/mol. The third-order valence-electron chi connectivity index (χ3n) is 3.00. The van der Waals surface area contributed by atoms with E-state index in [-0.39, 0.29) is 0 Å². The number of para-hydroxylation sites is 1. The van der Waals surface area contributed by atoms with Crippen molar-refractivity contribution in [2.45, 2.75) is 13.0 Å². The molecular formula is C16H16N2OS. The van der Waals surface area contributed by atoms with E-state index >= 15 is 0 Å². The van der Waals surface area contributed by atoms with E-state index in [9.17, 15) is 0 Å². The summed E-state index contributed by atoms with van der Waals surface area (Å²) in [7, 11) is 0. The minimum absolute atomic E-state index is 0.706. The first kappa shape index (κ1) is 12.9. The van der Waals surface area contributed by atoms with Crippen LogP contribution in [0.5, 0.6) is 5.75 Å². The van der Waals surface area contributed by atoms with Gasteiger partial charge in [0.1, 0.15) is 5.75 Å². The van der Waals surface area contributed by atoms with Crippen LogP contribution in [0.3, 0.4) is 0 Å². The average molecular weight is 284 g/mol. The van der Waals surface area contributed by atoms with E-state index in [1.165, 1.54) is 5.56 Å². The Bertz CT molecular complexity index is 632. The maximum absolute atomic E-state index is 5.67. The van der Waals surface area contributed by atoms with Crippen molar-refractivity contribution in [2.75, 3.05) is 6.61 Å². The molecule has 1 aromatic carbocycles. The van der Waals surface area contributed by atoms with E-state index in [2.05, 4.69) is 28.0 Å². The number of aromatic nitrogens is 2. The molecule has 0 aliphatic carbocycles. The van der Waals surface area contributed by atoms with Crippen molar-refractivity contribution in [1.82, 2.24) is 9.78 Å². The van der Waals surface area contributed by atoms with Gasteiger partial charge in [-0.1, -0.05) is 18.2 Å². The second-order valence-corrected chi connectivity index (χ2v) is 5.27. The first-order chi connectivity index (χ1) is 9.92. The summed E-state index contributed by atoms with van der Waals surface area (Å²) in [6, 6.07) is 14.1. The van der Waals surface area contributed by atoms with Gasteiger partial charge in [-0.3, -0.25) is 4.68 Å². The molecule has 3 aromatic rings.